The number of nitrogens with one attached hydrogen (secondary N) is 2. The first-order valence-corrected chi connectivity index (χ1v) is 26.1. The molecule has 0 saturated carbocycles. The highest BCUT2D eigenvalue weighted by Crippen LogP contribution is 2.50. The molecule has 0 saturated heterocycles. The molecule has 1 aliphatic heterocycles. The topological polar surface area (TPSA) is 51.2 Å². The molecule has 1 aliphatic carbocycles. The number of benzene rings is 10. The second kappa shape index (κ2) is 17.6. The van der Waals surface area contributed by atoms with E-state index in [4.69, 9.17) is 4.99 Å². The van der Waals surface area contributed by atoms with Gasteiger partial charge in [-0.05, 0) is 82.6 Å². The van der Waals surface area contributed by atoms with Gasteiger partial charge in [-0.2, -0.15) is 0 Å². The Hall–Kier alpha value is -9.49. The molecular weight excluding hydrogens is 913 g/mol. The van der Waals surface area contributed by atoms with Gasteiger partial charge in [0.2, 0.25) is 5.96 Å². The van der Waals surface area contributed by atoms with Crippen molar-refractivity contribution >= 4 is 77.1 Å². The van der Waals surface area contributed by atoms with Crippen LogP contribution in [0.4, 0.5) is 0 Å². The van der Waals surface area contributed by atoms with E-state index in [9.17, 15) is 0 Å². The van der Waals surface area contributed by atoms with Gasteiger partial charge >= 0.3 is 0 Å². The Morgan fingerprint density at radius 3 is 1.60 bits per heavy atom. The van der Waals surface area contributed by atoms with Gasteiger partial charge < -0.3 is 14.5 Å². The van der Waals surface area contributed by atoms with Crippen LogP contribution < -0.4 is 10.6 Å². The molecule has 0 bridgehead atoms. The van der Waals surface area contributed by atoms with E-state index in [-0.39, 0.29) is 12.3 Å². The van der Waals surface area contributed by atoms with Crippen LogP contribution in [0.3, 0.4) is 0 Å². The molecule has 2 atom stereocenters. The Morgan fingerprint density at radius 1 is 0.413 bits per heavy atom. The Kier molecular flexibility index (Phi) is 10.1. The minimum Gasteiger partial charge on any atom is -0.336 e. The van der Waals surface area contributed by atoms with Crippen molar-refractivity contribution in [1.82, 2.24) is 24.3 Å². The molecule has 0 fully saturated rings. The Bertz CT molecular complexity index is 4460. The number of rotatable bonds is 7. The van der Waals surface area contributed by atoms with Crippen molar-refractivity contribution in [2.45, 2.75) is 25.2 Å². The van der Waals surface area contributed by atoms with Crippen molar-refractivity contribution in [3.63, 3.8) is 0 Å². The normalized spacial score (nSPS) is 15.8. The summed E-state index contributed by atoms with van der Waals surface area (Å²) in [6, 6.07) is 86.3. The van der Waals surface area contributed by atoms with Gasteiger partial charge in [0.15, 0.2) is 0 Å². The van der Waals surface area contributed by atoms with E-state index in [1.165, 1.54) is 49.4 Å². The van der Waals surface area contributed by atoms with Crippen LogP contribution in [0, 0.1) is 0 Å². The van der Waals surface area contributed by atoms with Gasteiger partial charge in [0.05, 0.1) is 38.8 Å². The van der Waals surface area contributed by atoms with E-state index in [0.29, 0.717) is 0 Å². The molecule has 10 aromatic carbocycles. The lowest BCUT2D eigenvalue weighted by atomic mass is 9.92. The Labute approximate surface area is 434 Å². The highest BCUT2D eigenvalue weighted by molar-refractivity contribution is 6.27. The average molecular weight is 963 g/mol. The van der Waals surface area contributed by atoms with Crippen LogP contribution in [0.2, 0.25) is 0 Å². The van der Waals surface area contributed by atoms with E-state index >= 15 is 0 Å². The summed E-state index contributed by atoms with van der Waals surface area (Å²) in [7, 11) is 0. The first-order chi connectivity index (χ1) is 37.2. The molecule has 4 heterocycles. The minimum absolute atomic E-state index is 0.256. The van der Waals surface area contributed by atoms with Gasteiger partial charge in [-0.3, -0.25) is 9.88 Å². The summed E-state index contributed by atoms with van der Waals surface area (Å²) in [5, 5.41) is 15.1. The summed E-state index contributed by atoms with van der Waals surface area (Å²) in [5.74, 6) is 0.771. The summed E-state index contributed by atoms with van der Waals surface area (Å²) in [4.78, 5) is 5.76. The largest absolute Gasteiger partial charge is 0.336 e. The number of aliphatic imine (C=N–C) groups is 1. The number of nitrogens with zero attached hydrogens (tertiary/aromatic N) is 4. The maximum absolute atomic E-state index is 5.76. The molecule has 0 spiro atoms. The van der Waals surface area contributed by atoms with Crippen molar-refractivity contribution in [1.29, 1.82) is 0 Å². The van der Waals surface area contributed by atoms with Crippen LogP contribution in [-0.4, -0.2) is 19.7 Å². The van der Waals surface area contributed by atoms with Gasteiger partial charge in [-0.25, -0.2) is 4.99 Å². The van der Waals surface area contributed by atoms with Crippen molar-refractivity contribution in [3.05, 3.63) is 266 Å². The molecular formula is C69H50N6. The maximum atomic E-state index is 5.76. The fraction of sp³-hybridized carbons (Fsp3) is 0.0580. The monoisotopic (exact) mass is 962 g/mol. The van der Waals surface area contributed by atoms with E-state index in [1.54, 1.807) is 0 Å². The van der Waals surface area contributed by atoms with Gasteiger partial charge in [0, 0.05) is 49.1 Å². The third-order valence-electron chi connectivity index (χ3n) is 15.6. The first kappa shape index (κ1) is 43.1. The second-order valence-electron chi connectivity index (χ2n) is 19.8. The average Bonchev–Trinajstić information content (AvgIpc) is 4.16. The van der Waals surface area contributed by atoms with Gasteiger partial charge in [0.1, 0.15) is 12.3 Å². The van der Waals surface area contributed by atoms with E-state index < -0.39 is 0 Å². The third-order valence-corrected chi connectivity index (χ3v) is 15.6. The number of aromatic nitrogens is 3. The van der Waals surface area contributed by atoms with Crippen molar-refractivity contribution < 1.29 is 0 Å². The quantitative estimate of drug-likeness (QED) is 0.167. The number of hydrogen-bond donors (Lipinski definition) is 2. The summed E-state index contributed by atoms with van der Waals surface area (Å²) in [5.41, 5.74) is 18.4. The predicted molar refractivity (Wildman–Crippen MR) is 313 cm³/mol. The van der Waals surface area contributed by atoms with E-state index in [1.807, 2.05) is 0 Å². The Morgan fingerprint density at radius 2 is 0.947 bits per heavy atom. The van der Waals surface area contributed by atoms with Crippen molar-refractivity contribution in [2.24, 2.45) is 4.99 Å². The van der Waals surface area contributed by atoms with Crippen LogP contribution in [0.1, 0.15) is 36.3 Å². The smallest absolute Gasteiger partial charge is 0.206 e. The van der Waals surface area contributed by atoms with Gasteiger partial charge in [0.25, 0.3) is 0 Å². The lowest BCUT2D eigenvalue weighted by molar-refractivity contribution is 0.403. The molecule has 15 rings (SSSR count). The standard InChI is InChI=1S/C69H50N6/c1-6-23-45(24-7-1)49-31-22-32-50(43-49)68-70-67(48-29-12-4-13-30-48)71-69(72-68)75-61-40-21-17-36-53(61)56-42-41-55-52-35-16-20-39-60(52)74(65(55)66(56)75)63-57(46-25-8-2-9-26-46)44-58-54-37-18-19-38-59(54)73(51-33-14-5-15-34-51)64(58)62(63)47-27-10-3-11-28-47/h1-14,16-33,35-44,67-68,70H,15,34H2,(H,71,72). The molecule has 0 radical (unpaired) electrons. The summed E-state index contributed by atoms with van der Waals surface area (Å²) < 4.78 is 7.60. The van der Waals surface area contributed by atoms with Crippen molar-refractivity contribution in [3.8, 4) is 39.1 Å². The molecule has 6 heteroatoms. The van der Waals surface area contributed by atoms with Gasteiger partial charge in [-0.1, -0.05) is 218 Å². The van der Waals surface area contributed by atoms with E-state index in [2.05, 4.69) is 279 Å². The number of allylic oxidation sites excluding steroid dienone is 4. The SMILES string of the molecule is C1=CCCC(n2c3ccccc3c3cc(-c4ccccc4)c(-n4c5ccccc5c5ccc6c7ccccc7n(C7=NC(c8cccc(-c9ccccc9)c8)NC(c8ccccc8)N7)c6c54)c(-c4ccccc4)c32)=C1. The zero-order valence-electron chi connectivity index (χ0n) is 41.1. The number of fused-ring (bicyclic) bond motifs is 10. The molecule has 3 aromatic heterocycles. The molecule has 0 amide bonds. The van der Waals surface area contributed by atoms with E-state index in [0.717, 1.165) is 90.7 Å². The van der Waals surface area contributed by atoms with Crippen molar-refractivity contribution in [2.75, 3.05) is 0 Å². The lowest BCUT2D eigenvalue weighted by Gasteiger charge is -2.33. The summed E-state index contributed by atoms with van der Waals surface area (Å²) in [6.45, 7) is 0. The summed E-state index contributed by atoms with van der Waals surface area (Å²) in [6.07, 6.45) is 8.13. The highest BCUT2D eigenvalue weighted by Gasteiger charge is 2.32. The molecule has 2 aliphatic rings. The van der Waals surface area contributed by atoms with Crippen LogP contribution in [0.15, 0.2) is 260 Å². The van der Waals surface area contributed by atoms with Crippen LogP contribution in [-0.2, 0) is 0 Å². The van der Waals surface area contributed by atoms with Crippen LogP contribution >= 0.6 is 0 Å². The molecule has 2 N–H and O–H groups in total. The number of para-hydroxylation sites is 3. The maximum Gasteiger partial charge on any atom is 0.206 e. The van der Waals surface area contributed by atoms with Crippen LogP contribution in [0.25, 0.3) is 110 Å². The predicted octanol–water partition coefficient (Wildman–Crippen LogP) is 17.0. The molecule has 2 unspecified atom stereocenters. The fourth-order valence-electron chi connectivity index (χ4n) is 12.3. The highest BCUT2D eigenvalue weighted by atomic mass is 15.4. The van der Waals surface area contributed by atoms with Gasteiger partial charge in [-0.15, -0.1) is 0 Å². The first-order valence-electron chi connectivity index (χ1n) is 26.1. The fourth-order valence-corrected chi connectivity index (χ4v) is 12.3. The van der Waals surface area contributed by atoms with Crippen LogP contribution in [0.5, 0.6) is 0 Å². The zero-order chi connectivity index (χ0) is 49.4. The molecule has 13 aromatic rings. The minimum atomic E-state index is -0.376. The molecule has 356 valence electrons. The zero-order valence-corrected chi connectivity index (χ0v) is 41.1. The molecule has 6 nitrogen and oxygen atoms in total. The summed E-state index contributed by atoms with van der Waals surface area (Å²) >= 11 is 0. The molecule has 75 heavy (non-hydrogen) atoms. The lowest BCUT2D eigenvalue weighted by Crippen LogP contribution is -2.47. The number of hydrogen-bond acceptors (Lipinski definition) is 3. The second-order valence-corrected chi connectivity index (χ2v) is 19.8. The third kappa shape index (κ3) is 6.95. The Balaban J connectivity index is 1.11.